The molecule has 4 nitrogen and oxygen atoms in total. The Morgan fingerprint density at radius 2 is 1.81 bits per heavy atom. The molecule has 7 heteroatoms. The predicted octanol–water partition coefficient (Wildman–Crippen LogP) is 5.96. The van der Waals surface area contributed by atoms with Gasteiger partial charge in [-0.15, -0.1) is 0 Å². The van der Waals surface area contributed by atoms with E-state index in [-0.39, 0.29) is 17.5 Å². The van der Waals surface area contributed by atoms with Crippen LogP contribution in [0.3, 0.4) is 0 Å². The Morgan fingerprint density at radius 3 is 2.55 bits per heavy atom. The van der Waals surface area contributed by atoms with Gasteiger partial charge in [-0.2, -0.15) is 13.2 Å². The van der Waals surface area contributed by atoms with Crippen LogP contribution in [0.1, 0.15) is 48.2 Å². The van der Waals surface area contributed by atoms with Gasteiger partial charge in [0.1, 0.15) is 5.69 Å². The molecule has 1 aromatic heterocycles. The van der Waals surface area contributed by atoms with Gasteiger partial charge in [0.2, 0.25) is 0 Å². The van der Waals surface area contributed by atoms with Crippen LogP contribution in [0.4, 0.5) is 13.2 Å². The minimum Gasteiger partial charge on any atom is -0.337 e. The Labute approximate surface area is 179 Å². The van der Waals surface area contributed by atoms with Crippen LogP contribution in [0.15, 0.2) is 61.1 Å². The molecule has 1 aliphatic rings. The number of amides is 1. The Kier molecular flexibility index (Phi) is 5.85. The molecule has 3 aromatic rings. The molecule has 0 aliphatic heterocycles. The summed E-state index contributed by atoms with van der Waals surface area (Å²) in [7, 11) is 1.81. The van der Waals surface area contributed by atoms with E-state index in [1.807, 2.05) is 7.05 Å². The van der Waals surface area contributed by atoms with Gasteiger partial charge in [-0.25, -0.2) is 4.98 Å². The lowest BCUT2D eigenvalue weighted by atomic mass is 9.94. The summed E-state index contributed by atoms with van der Waals surface area (Å²) in [5, 5.41) is 0. The first-order valence-corrected chi connectivity index (χ1v) is 10.4. The Bertz CT molecular complexity index is 1070. The van der Waals surface area contributed by atoms with Gasteiger partial charge in [0.25, 0.3) is 5.91 Å². The third-order valence-electron chi connectivity index (χ3n) is 5.97. The number of nitrogens with zero attached hydrogens (tertiary/aromatic N) is 3. The van der Waals surface area contributed by atoms with Crippen molar-refractivity contribution in [1.29, 1.82) is 0 Å². The van der Waals surface area contributed by atoms with Gasteiger partial charge in [-0.05, 0) is 42.2 Å². The normalized spacial score (nSPS) is 15.1. The van der Waals surface area contributed by atoms with Crippen LogP contribution in [0, 0.1) is 0 Å². The summed E-state index contributed by atoms with van der Waals surface area (Å²) in [4.78, 5) is 19.1. The number of hydrogen-bond donors (Lipinski definition) is 0. The summed E-state index contributed by atoms with van der Waals surface area (Å²) in [6, 6.07) is 12.5. The zero-order chi connectivity index (χ0) is 22.0. The van der Waals surface area contributed by atoms with Crippen LogP contribution in [-0.2, 0) is 6.18 Å². The van der Waals surface area contributed by atoms with E-state index >= 15 is 0 Å². The zero-order valence-corrected chi connectivity index (χ0v) is 17.3. The average molecular weight is 427 g/mol. The quantitative estimate of drug-likeness (QED) is 0.515. The number of carbonyl (C=O) groups is 1. The smallest absolute Gasteiger partial charge is 0.337 e. The minimum atomic E-state index is -4.45. The van der Waals surface area contributed by atoms with Crippen LogP contribution in [0.25, 0.3) is 16.8 Å². The summed E-state index contributed by atoms with van der Waals surface area (Å²) in [6.45, 7) is 0. The van der Waals surface area contributed by atoms with Crippen LogP contribution >= 0.6 is 0 Å². The summed E-state index contributed by atoms with van der Waals surface area (Å²) in [6.07, 6.45) is 3.98. The third kappa shape index (κ3) is 4.36. The van der Waals surface area contributed by atoms with E-state index in [1.165, 1.54) is 31.1 Å². The van der Waals surface area contributed by atoms with Crippen molar-refractivity contribution in [1.82, 2.24) is 14.5 Å². The fraction of sp³-hybridized carbons (Fsp3) is 0.333. The lowest BCUT2D eigenvalue weighted by Gasteiger charge is -2.31. The Morgan fingerprint density at radius 1 is 1.06 bits per heavy atom. The monoisotopic (exact) mass is 427 g/mol. The second-order valence-electron chi connectivity index (χ2n) is 7.95. The molecule has 1 amide bonds. The number of aromatic nitrogens is 2. The van der Waals surface area contributed by atoms with Crippen molar-refractivity contribution in [3.8, 4) is 16.8 Å². The van der Waals surface area contributed by atoms with Crippen molar-refractivity contribution in [2.45, 2.75) is 44.3 Å². The van der Waals surface area contributed by atoms with E-state index in [2.05, 4.69) is 4.98 Å². The highest BCUT2D eigenvalue weighted by Crippen LogP contribution is 2.37. The van der Waals surface area contributed by atoms with Crippen LogP contribution in [-0.4, -0.2) is 33.4 Å². The largest absolute Gasteiger partial charge is 0.417 e. The number of benzene rings is 2. The van der Waals surface area contributed by atoms with E-state index in [9.17, 15) is 18.0 Å². The molecule has 2 aromatic carbocycles. The van der Waals surface area contributed by atoms with Crippen LogP contribution in [0.2, 0.25) is 0 Å². The number of halogens is 3. The number of alkyl halides is 3. The maximum atomic E-state index is 13.5. The summed E-state index contributed by atoms with van der Waals surface area (Å²) < 4.78 is 42.1. The average Bonchev–Trinajstić information content (AvgIpc) is 3.28. The fourth-order valence-corrected chi connectivity index (χ4v) is 4.28. The van der Waals surface area contributed by atoms with E-state index in [4.69, 9.17) is 0 Å². The van der Waals surface area contributed by atoms with Gasteiger partial charge in [-0.3, -0.25) is 9.36 Å². The molecule has 31 heavy (non-hydrogen) atoms. The highest BCUT2D eigenvalue weighted by Gasteiger charge is 2.33. The second-order valence-corrected chi connectivity index (χ2v) is 7.95. The lowest BCUT2D eigenvalue weighted by Crippen LogP contribution is -2.39. The third-order valence-corrected chi connectivity index (χ3v) is 5.97. The number of imidazole rings is 1. The number of carbonyl (C=O) groups excluding carboxylic acids is 1. The molecule has 1 heterocycles. The number of hydrogen-bond acceptors (Lipinski definition) is 2. The topological polar surface area (TPSA) is 38.1 Å². The van der Waals surface area contributed by atoms with Crippen molar-refractivity contribution < 1.29 is 18.0 Å². The van der Waals surface area contributed by atoms with Gasteiger partial charge >= 0.3 is 6.18 Å². The fourth-order valence-electron chi connectivity index (χ4n) is 4.28. The first-order valence-electron chi connectivity index (χ1n) is 10.4. The van der Waals surface area contributed by atoms with Crippen molar-refractivity contribution in [2.24, 2.45) is 0 Å². The lowest BCUT2D eigenvalue weighted by molar-refractivity contribution is -0.137. The SMILES string of the molecule is CN(C(=O)c1cncn1-c1cccc(-c2ccccc2C(F)(F)F)c1)C1CCCCC1. The highest BCUT2D eigenvalue weighted by molar-refractivity contribution is 5.93. The van der Waals surface area contributed by atoms with E-state index < -0.39 is 11.7 Å². The Balaban J connectivity index is 1.68. The van der Waals surface area contributed by atoms with Crippen molar-refractivity contribution in [3.63, 3.8) is 0 Å². The maximum Gasteiger partial charge on any atom is 0.417 e. The van der Waals surface area contributed by atoms with Gasteiger partial charge in [0.15, 0.2) is 0 Å². The second kappa shape index (κ2) is 8.57. The molecule has 1 fully saturated rings. The van der Waals surface area contributed by atoms with Crippen molar-refractivity contribution >= 4 is 5.91 Å². The summed E-state index contributed by atoms with van der Waals surface area (Å²) in [5.41, 5.74) is 0.829. The van der Waals surface area contributed by atoms with E-state index in [1.54, 1.807) is 39.8 Å². The van der Waals surface area contributed by atoms with Gasteiger partial charge < -0.3 is 4.90 Å². The van der Waals surface area contributed by atoms with Gasteiger partial charge in [0.05, 0.1) is 18.1 Å². The molecule has 4 rings (SSSR count). The summed E-state index contributed by atoms with van der Waals surface area (Å²) >= 11 is 0. The highest BCUT2D eigenvalue weighted by atomic mass is 19.4. The molecule has 0 atom stereocenters. The molecule has 0 radical (unpaired) electrons. The maximum absolute atomic E-state index is 13.5. The molecule has 1 aliphatic carbocycles. The van der Waals surface area contributed by atoms with Crippen molar-refractivity contribution in [3.05, 3.63) is 72.3 Å². The van der Waals surface area contributed by atoms with E-state index in [0.29, 0.717) is 16.9 Å². The first-order chi connectivity index (χ1) is 14.9. The summed E-state index contributed by atoms with van der Waals surface area (Å²) in [5.74, 6) is -0.134. The first kappa shape index (κ1) is 21.2. The van der Waals surface area contributed by atoms with Gasteiger partial charge in [-0.1, -0.05) is 49.6 Å². The molecular formula is C24H24F3N3O. The number of rotatable bonds is 4. The van der Waals surface area contributed by atoms with Crippen LogP contribution in [0.5, 0.6) is 0 Å². The molecule has 162 valence electrons. The molecule has 0 spiro atoms. The molecule has 0 saturated heterocycles. The minimum absolute atomic E-state index is 0.101. The molecular weight excluding hydrogens is 403 g/mol. The van der Waals surface area contributed by atoms with Gasteiger partial charge in [0, 0.05) is 18.8 Å². The standard InChI is InChI=1S/C24H24F3N3O/c1-29(18-9-3-2-4-10-18)23(31)22-15-28-16-30(22)19-11-7-8-17(14-19)20-12-5-6-13-21(20)24(25,26)27/h5-8,11-16,18H,2-4,9-10H2,1H3. The molecule has 0 bridgehead atoms. The molecule has 0 N–H and O–H groups in total. The molecule has 0 unspecified atom stereocenters. The predicted molar refractivity (Wildman–Crippen MR) is 113 cm³/mol. The zero-order valence-electron chi connectivity index (χ0n) is 17.3. The van der Waals surface area contributed by atoms with Crippen LogP contribution < -0.4 is 0 Å². The van der Waals surface area contributed by atoms with E-state index in [0.717, 1.165) is 31.7 Å². The Hall–Kier alpha value is -3.09. The molecule has 1 saturated carbocycles. The van der Waals surface area contributed by atoms with Crippen molar-refractivity contribution in [2.75, 3.05) is 7.05 Å².